The van der Waals surface area contributed by atoms with E-state index in [1.54, 1.807) is 55.7 Å². The van der Waals surface area contributed by atoms with Crippen LogP contribution in [0, 0.1) is 0 Å². The molecule has 0 spiro atoms. The third-order valence-electron chi connectivity index (χ3n) is 3.95. The minimum absolute atomic E-state index is 0.111. The third-order valence-corrected chi connectivity index (χ3v) is 3.95. The second-order valence-electron chi connectivity index (χ2n) is 5.89. The monoisotopic (exact) mass is 398 g/mol. The average molecular weight is 398 g/mol. The topological polar surface area (TPSA) is 85.9 Å². The molecule has 2 amide bonds. The van der Waals surface area contributed by atoms with Crippen molar-refractivity contribution in [2.45, 2.75) is 13.8 Å². The van der Waals surface area contributed by atoms with Crippen LogP contribution in [0.2, 0.25) is 0 Å². The molecule has 2 N–H and O–H groups in total. The molecule has 0 aliphatic heterocycles. The van der Waals surface area contributed by atoms with E-state index in [-0.39, 0.29) is 5.70 Å². The summed E-state index contributed by atoms with van der Waals surface area (Å²) in [6, 6.07) is 11.9. The van der Waals surface area contributed by atoms with E-state index in [1.165, 1.54) is 7.05 Å². The summed E-state index contributed by atoms with van der Waals surface area (Å²) in [4.78, 5) is 24.9. The summed E-state index contributed by atoms with van der Waals surface area (Å²) in [7, 11) is 3.05. The molecule has 7 nitrogen and oxygen atoms in total. The first kappa shape index (κ1) is 21.8. The van der Waals surface area contributed by atoms with E-state index in [0.717, 1.165) is 0 Å². The van der Waals surface area contributed by atoms with Crippen LogP contribution < -0.4 is 24.8 Å². The molecule has 2 aromatic rings. The Bertz CT molecular complexity index is 875. The van der Waals surface area contributed by atoms with E-state index in [0.29, 0.717) is 41.6 Å². The summed E-state index contributed by atoms with van der Waals surface area (Å²) in [5, 5.41) is 5.19. The Labute approximate surface area is 170 Å². The second-order valence-corrected chi connectivity index (χ2v) is 5.89. The SMILES string of the molecule is CCOc1ccc(C=C(NC(=O)c2ccc(OC)cc2)C(=O)NC)cc1OCC. The number of hydrogen-bond donors (Lipinski definition) is 2. The highest BCUT2D eigenvalue weighted by Gasteiger charge is 2.14. The van der Waals surface area contributed by atoms with Crippen molar-refractivity contribution in [3.05, 3.63) is 59.3 Å². The van der Waals surface area contributed by atoms with Gasteiger partial charge in [0, 0.05) is 12.6 Å². The first-order chi connectivity index (χ1) is 14.0. The lowest BCUT2D eigenvalue weighted by molar-refractivity contribution is -0.117. The number of rotatable bonds is 9. The van der Waals surface area contributed by atoms with Crippen LogP contribution in [0.25, 0.3) is 6.08 Å². The molecule has 29 heavy (non-hydrogen) atoms. The maximum absolute atomic E-state index is 12.6. The van der Waals surface area contributed by atoms with Gasteiger partial charge in [0.1, 0.15) is 11.4 Å². The van der Waals surface area contributed by atoms with Crippen LogP contribution in [0.1, 0.15) is 29.8 Å². The maximum atomic E-state index is 12.6. The van der Waals surface area contributed by atoms with Gasteiger partial charge in [-0.2, -0.15) is 0 Å². The van der Waals surface area contributed by atoms with Crippen LogP contribution >= 0.6 is 0 Å². The normalized spacial score (nSPS) is 10.8. The highest BCUT2D eigenvalue weighted by atomic mass is 16.5. The van der Waals surface area contributed by atoms with Crippen molar-refractivity contribution in [1.82, 2.24) is 10.6 Å². The molecule has 7 heteroatoms. The molecular formula is C22H26N2O5. The van der Waals surface area contributed by atoms with Crippen LogP contribution in [-0.2, 0) is 4.79 Å². The Morgan fingerprint density at radius 2 is 1.62 bits per heavy atom. The predicted octanol–water partition coefficient (Wildman–Crippen LogP) is 3.01. The van der Waals surface area contributed by atoms with Crippen molar-refractivity contribution in [3.8, 4) is 17.2 Å². The molecule has 0 fully saturated rings. The van der Waals surface area contributed by atoms with Gasteiger partial charge in [0.15, 0.2) is 11.5 Å². The standard InChI is InChI=1S/C22H26N2O5/c1-5-28-19-12-7-15(14-20(19)29-6-2)13-18(22(26)23-3)24-21(25)16-8-10-17(27-4)11-9-16/h7-14H,5-6H2,1-4H3,(H,23,26)(H,24,25). The summed E-state index contributed by atoms with van der Waals surface area (Å²) in [6.07, 6.45) is 1.58. The van der Waals surface area contributed by atoms with Gasteiger partial charge in [0.2, 0.25) is 0 Å². The van der Waals surface area contributed by atoms with Gasteiger partial charge in [0.05, 0.1) is 20.3 Å². The molecule has 0 atom stereocenters. The Kier molecular flexibility index (Phi) is 8.09. The number of methoxy groups -OCH3 is 1. The minimum atomic E-state index is -0.418. The summed E-state index contributed by atoms with van der Waals surface area (Å²) >= 11 is 0. The number of nitrogens with one attached hydrogen (secondary N) is 2. The molecule has 154 valence electrons. The molecule has 0 aromatic heterocycles. The Hall–Kier alpha value is -3.48. The highest BCUT2D eigenvalue weighted by molar-refractivity contribution is 6.05. The van der Waals surface area contributed by atoms with E-state index >= 15 is 0 Å². The second kappa shape index (κ2) is 10.8. The van der Waals surface area contributed by atoms with Crippen molar-refractivity contribution >= 4 is 17.9 Å². The molecule has 0 saturated heterocycles. The van der Waals surface area contributed by atoms with Crippen molar-refractivity contribution in [1.29, 1.82) is 0 Å². The Morgan fingerprint density at radius 1 is 0.966 bits per heavy atom. The molecule has 0 unspecified atom stereocenters. The molecule has 0 aliphatic rings. The van der Waals surface area contributed by atoms with Gasteiger partial charge in [-0.3, -0.25) is 9.59 Å². The van der Waals surface area contributed by atoms with Crippen molar-refractivity contribution in [2.24, 2.45) is 0 Å². The Morgan fingerprint density at radius 3 is 2.21 bits per heavy atom. The maximum Gasteiger partial charge on any atom is 0.267 e. The van der Waals surface area contributed by atoms with Crippen LogP contribution in [0.4, 0.5) is 0 Å². The molecule has 2 aromatic carbocycles. The van der Waals surface area contributed by atoms with Crippen molar-refractivity contribution in [2.75, 3.05) is 27.4 Å². The van der Waals surface area contributed by atoms with Gasteiger partial charge >= 0.3 is 0 Å². The smallest absolute Gasteiger partial charge is 0.267 e. The van der Waals surface area contributed by atoms with E-state index in [2.05, 4.69) is 10.6 Å². The molecule has 0 aliphatic carbocycles. The number of amides is 2. The third kappa shape index (κ3) is 6.00. The van der Waals surface area contributed by atoms with Crippen molar-refractivity contribution < 1.29 is 23.8 Å². The quantitative estimate of drug-likeness (QED) is 0.634. The van der Waals surface area contributed by atoms with Gasteiger partial charge < -0.3 is 24.8 Å². The van der Waals surface area contributed by atoms with E-state index in [9.17, 15) is 9.59 Å². The fourth-order valence-corrected chi connectivity index (χ4v) is 2.55. The average Bonchev–Trinajstić information content (AvgIpc) is 2.74. The van der Waals surface area contributed by atoms with Gasteiger partial charge in [-0.1, -0.05) is 6.07 Å². The lowest BCUT2D eigenvalue weighted by Gasteiger charge is -2.13. The first-order valence-electron chi connectivity index (χ1n) is 9.31. The van der Waals surface area contributed by atoms with Crippen LogP contribution in [0.15, 0.2) is 48.2 Å². The lowest BCUT2D eigenvalue weighted by atomic mass is 10.1. The largest absolute Gasteiger partial charge is 0.497 e. The van der Waals surface area contributed by atoms with Gasteiger partial charge in [-0.15, -0.1) is 0 Å². The molecule has 0 heterocycles. The fourth-order valence-electron chi connectivity index (χ4n) is 2.55. The summed E-state index contributed by atoms with van der Waals surface area (Å²) < 4.78 is 16.3. The van der Waals surface area contributed by atoms with E-state index in [4.69, 9.17) is 14.2 Å². The highest BCUT2D eigenvalue weighted by Crippen LogP contribution is 2.29. The van der Waals surface area contributed by atoms with Crippen LogP contribution in [-0.4, -0.2) is 39.2 Å². The number of ether oxygens (including phenoxy) is 3. The van der Waals surface area contributed by atoms with Crippen LogP contribution in [0.3, 0.4) is 0 Å². The predicted molar refractivity (Wildman–Crippen MR) is 111 cm³/mol. The number of hydrogen-bond acceptors (Lipinski definition) is 5. The van der Waals surface area contributed by atoms with E-state index < -0.39 is 11.8 Å². The lowest BCUT2D eigenvalue weighted by Crippen LogP contribution is -2.33. The molecule has 0 radical (unpaired) electrons. The number of likely N-dealkylation sites (N-methyl/N-ethyl adjacent to an activating group) is 1. The number of benzene rings is 2. The summed E-state index contributed by atoms with van der Waals surface area (Å²) in [6.45, 7) is 4.76. The Balaban J connectivity index is 2.31. The zero-order valence-electron chi connectivity index (χ0n) is 17.1. The van der Waals surface area contributed by atoms with Crippen LogP contribution in [0.5, 0.6) is 17.2 Å². The van der Waals surface area contributed by atoms with E-state index in [1.807, 2.05) is 13.8 Å². The summed E-state index contributed by atoms with van der Waals surface area (Å²) in [5.41, 5.74) is 1.20. The molecule has 0 bridgehead atoms. The minimum Gasteiger partial charge on any atom is -0.497 e. The van der Waals surface area contributed by atoms with Gasteiger partial charge in [-0.05, 0) is 61.9 Å². The van der Waals surface area contributed by atoms with Gasteiger partial charge in [-0.25, -0.2) is 0 Å². The first-order valence-corrected chi connectivity index (χ1v) is 9.31. The number of carbonyl (C=O) groups excluding carboxylic acids is 2. The fraction of sp³-hybridized carbons (Fsp3) is 0.273. The molecule has 2 rings (SSSR count). The molecule has 0 saturated carbocycles. The zero-order valence-corrected chi connectivity index (χ0v) is 17.1. The van der Waals surface area contributed by atoms with Crippen molar-refractivity contribution in [3.63, 3.8) is 0 Å². The zero-order chi connectivity index (χ0) is 21.2. The summed E-state index contributed by atoms with van der Waals surface area (Å²) in [5.74, 6) is 1.01. The number of carbonyl (C=O) groups is 2. The van der Waals surface area contributed by atoms with Gasteiger partial charge in [0.25, 0.3) is 11.8 Å². The molecular weight excluding hydrogens is 372 g/mol.